The van der Waals surface area contributed by atoms with Gasteiger partial charge in [-0.15, -0.1) is 9.42 Å². The number of carbonyl (C=O) groups excluding carboxylic acids is 1. The van der Waals surface area contributed by atoms with Crippen LogP contribution in [0.4, 0.5) is 0 Å². The van der Waals surface area contributed by atoms with Gasteiger partial charge in [-0.1, -0.05) is 0 Å². The van der Waals surface area contributed by atoms with Crippen LogP contribution in [-0.2, 0) is 13.9 Å². The van der Waals surface area contributed by atoms with E-state index in [1.807, 2.05) is 0 Å². The van der Waals surface area contributed by atoms with Gasteiger partial charge in [0.1, 0.15) is 12.2 Å². The van der Waals surface area contributed by atoms with Crippen molar-refractivity contribution in [2.24, 2.45) is 0 Å². The molecule has 0 saturated carbocycles. The summed E-state index contributed by atoms with van der Waals surface area (Å²) in [5.74, 6) is 0. The van der Waals surface area contributed by atoms with Crippen LogP contribution in [0.1, 0.15) is 6.92 Å². The molecule has 0 radical (unpaired) electrons. The van der Waals surface area contributed by atoms with E-state index in [2.05, 4.69) is 4.52 Å². The molecule has 8 heteroatoms. The van der Waals surface area contributed by atoms with Crippen molar-refractivity contribution in [2.75, 3.05) is 0 Å². The lowest BCUT2D eigenvalue weighted by Crippen LogP contribution is -2.44. The Bertz CT molecular complexity index is 206. The number of carbonyl (C=O) groups is 1. The predicted octanol–water partition coefficient (Wildman–Crippen LogP) is -1.68. The second-order valence-corrected chi connectivity index (χ2v) is 3.35. The van der Waals surface area contributed by atoms with Gasteiger partial charge in [0, 0.05) is 4.57 Å². The topological polar surface area (TPSA) is 124 Å². The molecule has 7 nitrogen and oxygen atoms in total. The molecule has 0 fully saturated rings. The van der Waals surface area contributed by atoms with E-state index < -0.39 is 32.7 Å². The molecule has 0 aliphatic heterocycles. The van der Waals surface area contributed by atoms with Crippen molar-refractivity contribution < 1.29 is 34.1 Å². The lowest BCUT2D eigenvalue weighted by molar-refractivity contribution is -0.129. The highest BCUT2D eigenvalue weighted by Gasteiger charge is 2.35. The first-order chi connectivity index (χ1) is 6.40. The second kappa shape index (κ2) is 6.13. The zero-order chi connectivity index (χ0) is 11.3. The van der Waals surface area contributed by atoms with Crippen LogP contribution in [0.2, 0.25) is 0 Å². The van der Waals surface area contributed by atoms with Crippen molar-refractivity contribution in [3.63, 3.8) is 0 Å². The Hall–Kier alpha value is -0.430. The molecule has 0 aliphatic carbocycles. The number of aldehydes is 1. The summed E-state index contributed by atoms with van der Waals surface area (Å²) in [5.41, 5.74) is 0. The van der Waals surface area contributed by atoms with Crippen molar-refractivity contribution in [1.29, 1.82) is 0 Å². The molecule has 0 aromatic heterocycles. The molecule has 0 heterocycles. The maximum Gasteiger partial charge on any atom is 0.695 e. The van der Waals surface area contributed by atoms with Crippen LogP contribution < -0.4 is 0 Å². The predicted molar refractivity (Wildman–Crippen MR) is 44.5 cm³/mol. The number of aliphatic hydroxyl groups is 3. The van der Waals surface area contributed by atoms with Gasteiger partial charge in [-0.25, -0.2) is 0 Å². The molecule has 0 saturated heterocycles. The standard InChI is InChI=1S/C6H11O7P/c1-3(8)5(9)6(10)4(2-7)13-14(11)12/h2-6,8-10H,1H3/p+1/t3-,4+,5+,6-/m0/s1. The molecule has 1 unspecified atom stereocenters. The maximum absolute atomic E-state index is 10.3. The van der Waals surface area contributed by atoms with E-state index in [1.165, 1.54) is 6.92 Å². The molecule has 0 spiro atoms. The highest BCUT2D eigenvalue weighted by molar-refractivity contribution is 7.32. The number of rotatable bonds is 6. The van der Waals surface area contributed by atoms with Crippen LogP contribution in [0.15, 0.2) is 0 Å². The van der Waals surface area contributed by atoms with Crippen molar-refractivity contribution in [3.8, 4) is 0 Å². The van der Waals surface area contributed by atoms with Gasteiger partial charge in [0.15, 0.2) is 12.4 Å². The van der Waals surface area contributed by atoms with E-state index in [0.29, 0.717) is 0 Å². The summed E-state index contributed by atoms with van der Waals surface area (Å²) in [6.07, 6.45) is -6.24. The van der Waals surface area contributed by atoms with Crippen LogP contribution in [0.5, 0.6) is 0 Å². The fourth-order valence-corrected chi connectivity index (χ4v) is 1.13. The third-order valence-electron chi connectivity index (χ3n) is 1.53. The monoisotopic (exact) mass is 227 g/mol. The highest BCUT2D eigenvalue weighted by atomic mass is 31.1. The first kappa shape index (κ1) is 13.6. The Labute approximate surface area is 80.9 Å². The van der Waals surface area contributed by atoms with E-state index in [-0.39, 0.29) is 6.29 Å². The van der Waals surface area contributed by atoms with Gasteiger partial charge in [-0.3, -0.25) is 0 Å². The summed E-state index contributed by atoms with van der Waals surface area (Å²) in [6, 6.07) is 0. The van der Waals surface area contributed by atoms with E-state index in [0.717, 1.165) is 0 Å². The zero-order valence-electron chi connectivity index (χ0n) is 7.35. The molecule has 82 valence electrons. The Morgan fingerprint density at radius 1 is 1.29 bits per heavy atom. The van der Waals surface area contributed by atoms with E-state index >= 15 is 0 Å². The summed E-state index contributed by atoms with van der Waals surface area (Å²) in [6.45, 7) is 1.19. The molecule has 5 atom stereocenters. The molecule has 0 aromatic rings. The molecule has 0 rings (SSSR count). The van der Waals surface area contributed by atoms with Gasteiger partial charge in [-0.2, -0.15) is 0 Å². The van der Waals surface area contributed by atoms with Crippen molar-refractivity contribution in [2.45, 2.75) is 31.3 Å². The number of hydrogen-bond donors (Lipinski definition) is 4. The van der Waals surface area contributed by atoms with Gasteiger partial charge in [-0.05, 0) is 6.92 Å². The van der Waals surface area contributed by atoms with Crippen LogP contribution in [0, 0.1) is 0 Å². The number of hydrogen-bond acceptors (Lipinski definition) is 6. The quantitative estimate of drug-likeness (QED) is 0.315. The van der Waals surface area contributed by atoms with Crippen molar-refractivity contribution in [3.05, 3.63) is 0 Å². The minimum absolute atomic E-state index is 0.0692. The van der Waals surface area contributed by atoms with Crippen LogP contribution in [0.3, 0.4) is 0 Å². The van der Waals surface area contributed by atoms with Gasteiger partial charge in [0.25, 0.3) is 0 Å². The molecular weight excluding hydrogens is 215 g/mol. The largest absolute Gasteiger partial charge is 0.695 e. The summed E-state index contributed by atoms with van der Waals surface area (Å²) in [4.78, 5) is 18.6. The SMILES string of the molecule is C[C@H](O)[C@@H](O)[C@@H](O)[C@@H](C=O)O[P+](=O)O. The average Bonchev–Trinajstić information content (AvgIpc) is 2.11. The third-order valence-corrected chi connectivity index (χ3v) is 1.95. The summed E-state index contributed by atoms with van der Waals surface area (Å²) in [7, 11) is -3.06. The molecule has 0 aliphatic rings. The minimum atomic E-state index is -3.06. The fourth-order valence-electron chi connectivity index (χ4n) is 0.752. The number of aliphatic hydroxyl groups excluding tert-OH is 3. The Kier molecular flexibility index (Phi) is 5.94. The summed E-state index contributed by atoms with van der Waals surface area (Å²) < 4.78 is 14.3. The lowest BCUT2D eigenvalue weighted by atomic mass is 10.1. The molecule has 0 aromatic carbocycles. The van der Waals surface area contributed by atoms with Gasteiger partial charge in [0.2, 0.25) is 0 Å². The van der Waals surface area contributed by atoms with E-state index in [4.69, 9.17) is 15.1 Å². The van der Waals surface area contributed by atoms with Crippen molar-refractivity contribution >= 4 is 14.5 Å². The molecule has 0 amide bonds. The summed E-state index contributed by atoms with van der Waals surface area (Å²) in [5, 5.41) is 27.1. The fraction of sp³-hybridized carbons (Fsp3) is 0.833. The summed E-state index contributed by atoms with van der Waals surface area (Å²) >= 11 is 0. The smallest absolute Gasteiger partial charge is 0.391 e. The van der Waals surface area contributed by atoms with E-state index in [9.17, 15) is 14.5 Å². The third kappa shape index (κ3) is 4.19. The first-order valence-corrected chi connectivity index (χ1v) is 4.85. The normalized spacial score (nSPS) is 20.8. The Balaban J connectivity index is 4.36. The van der Waals surface area contributed by atoms with Gasteiger partial charge in [0.05, 0.1) is 6.10 Å². The van der Waals surface area contributed by atoms with Gasteiger partial charge >= 0.3 is 8.25 Å². The second-order valence-electron chi connectivity index (χ2n) is 2.67. The zero-order valence-corrected chi connectivity index (χ0v) is 8.24. The highest BCUT2D eigenvalue weighted by Crippen LogP contribution is 2.20. The molecule has 14 heavy (non-hydrogen) atoms. The molecular formula is C6H12O7P+. The van der Waals surface area contributed by atoms with Gasteiger partial charge < -0.3 is 20.1 Å². The van der Waals surface area contributed by atoms with Crippen LogP contribution >= 0.6 is 8.25 Å². The average molecular weight is 227 g/mol. The van der Waals surface area contributed by atoms with Crippen molar-refractivity contribution in [1.82, 2.24) is 0 Å². The minimum Gasteiger partial charge on any atom is -0.391 e. The first-order valence-electron chi connectivity index (χ1n) is 3.72. The Morgan fingerprint density at radius 3 is 2.07 bits per heavy atom. The molecule has 0 bridgehead atoms. The molecule has 4 N–H and O–H groups in total. The van der Waals surface area contributed by atoms with Crippen LogP contribution in [0.25, 0.3) is 0 Å². The maximum atomic E-state index is 10.3. The lowest BCUT2D eigenvalue weighted by Gasteiger charge is -2.20. The van der Waals surface area contributed by atoms with E-state index in [1.54, 1.807) is 0 Å². The Morgan fingerprint density at radius 2 is 1.79 bits per heavy atom. The van der Waals surface area contributed by atoms with Crippen LogP contribution in [-0.4, -0.2) is 50.9 Å².